The molecule has 0 bridgehead atoms. The van der Waals surface area contributed by atoms with Crippen LogP contribution in [0.3, 0.4) is 0 Å². The molecule has 0 amide bonds. The first-order valence-electron chi connectivity index (χ1n) is 6.33. The molecule has 3 nitrogen and oxygen atoms in total. The fraction of sp³-hybridized carbons (Fsp3) is 0.200. The van der Waals surface area contributed by atoms with E-state index in [0.717, 1.165) is 17.7 Å². The van der Waals surface area contributed by atoms with Crippen LogP contribution in [0.2, 0.25) is 5.02 Å². The van der Waals surface area contributed by atoms with E-state index in [-0.39, 0.29) is 9.92 Å². The molecule has 21 heavy (non-hydrogen) atoms. The molecule has 0 saturated carbocycles. The SMILES string of the molecule is CC(C(N)c1ccccc1)S(=O)(=O)c1ccc(F)c(Cl)c1. The van der Waals surface area contributed by atoms with Gasteiger partial charge in [0.25, 0.3) is 0 Å². The third kappa shape index (κ3) is 3.26. The highest BCUT2D eigenvalue weighted by Crippen LogP contribution is 2.27. The summed E-state index contributed by atoms with van der Waals surface area (Å²) in [5.41, 5.74) is 6.77. The van der Waals surface area contributed by atoms with Gasteiger partial charge in [0, 0.05) is 6.04 Å². The van der Waals surface area contributed by atoms with E-state index in [4.69, 9.17) is 17.3 Å². The molecule has 6 heteroatoms. The highest BCUT2D eigenvalue weighted by atomic mass is 35.5. The van der Waals surface area contributed by atoms with Gasteiger partial charge in [0.2, 0.25) is 0 Å². The average molecular weight is 328 g/mol. The zero-order valence-corrected chi connectivity index (χ0v) is 12.9. The molecule has 0 spiro atoms. The van der Waals surface area contributed by atoms with Gasteiger partial charge in [-0.2, -0.15) is 0 Å². The molecule has 0 aliphatic heterocycles. The van der Waals surface area contributed by atoms with Crippen molar-refractivity contribution in [1.82, 2.24) is 0 Å². The first-order valence-corrected chi connectivity index (χ1v) is 8.26. The standard InChI is InChI=1S/C15H15ClFNO2S/c1-10(15(18)11-5-3-2-4-6-11)21(19,20)12-7-8-14(17)13(16)9-12/h2-10,15H,18H2,1H3. The molecule has 2 atom stereocenters. The Hall–Kier alpha value is -1.43. The van der Waals surface area contributed by atoms with Crippen LogP contribution in [0.5, 0.6) is 0 Å². The molecule has 2 N–H and O–H groups in total. The Morgan fingerprint density at radius 1 is 1.14 bits per heavy atom. The van der Waals surface area contributed by atoms with E-state index in [1.54, 1.807) is 24.3 Å². The van der Waals surface area contributed by atoms with Crippen molar-refractivity contribution in [2.24, 2.45) is 5.73 Å². The van der Waals surface area contributed by atoms with Crippen molar-refractivity contribution in [3.05, 3.63) is 64.9 Å². The van der Waals surface area contributed by atoms with Crippen molar-refractivity contribution in [3.63, 3.8) is 0 Å². The van der Waals surface area contributed by atoms with Crippen LogP contribution in [-0.4, -0.2) is 13.7 Å². The molecule has 0 heterocycles. The maximum atomic E-state index is 13.2. The fourth-order valence-corrected chi connectivity index (χ4v) is 3.77. The quantitative estimate of drug-likeness (QED) is 0.876. The average Bonchev–Trinajstić information content (AvgIpc) is 2.49. The Bertz CT molecular complexity index is 735. The van der Waals surface area contributed by atoms with Gasteiger partial charge in [0.05, 0.1) is 15.2 Å². The molecule has 2 aromatic carbocycles. The number of hydrogen-bond donors (Lipinski definition) is 1. The van der Waals surface area contributed by atoms with Crippen LogP contribution in [-0.2, 0) is 9.84 Å². The summed E-state index contributed by atoms with van der Waals surface area (Å²) in [6.07, 6.45) is 0. The molecule has 0 saturated heterocycles. The van der Waals surface area contributed by atoms with Crippen molar-refractivity contribution in [2.75, 3.05) is 0 Å². The highest BCUT2D eigenvalue weighted by molar-refractivity contribution is 7.92. The van der Waals surface area contributed by atoms with Gasteiger partial charge in [0.1, 0.15) is 5.82 Å². The number of rotatable bonds is 4. The highest BCUT2D eigenvalue weighted by Gasteiger charge is 2.30. The smallest absolute Gasteiger partial charge is 0.182 e. The van der Waals surface area contributed by atoms with E-state index < -0.39 is 26.9 Å². The molecular weight excluding hydrogens is 313 g/mol. The lowest BCUT2D eigenvalue weighted by molar-refractivity contribution is 0.564. The van der Waals surface area contributed by atoms with Crippen LogP contribution in [0.25, 0.3) is 0 Å². The second kappa shape index (κ2) is 6.13. The van der Waals surface area contributed by atoms with Crippen LogP contribution in [0.1, 0.15) is 18.5 Å². The Balaban J connectivity index is 2.36. The summed E-state index contributed by atoms with van der Waals surface area (Å²) in [4.78, 5) is -0.0345. The molecule has 2 unspecified atom stereocenters. The molecule has 0 aliphatic carbocycles. The molecule has 0 aliphatic rings. The minimum Gasteiger partial charge on any atom is -0.323 e. The van der Waals surface area contributed by atoms with Crippen molar-refractivity contribution in [1.29, 1.82) is 0 Å². The van der Waals surface area contributed by atoms with E-state index in [1.165, 1.54) is 13.0 Å². The summed E-state index contributed by atoms with van der Waals surface area (Å²) < 4.78 is 38.3. The zero-order valence-electron chi connectivity index (χ0n) is 11.3. The van der Waals surface area contributed by atoms with Gasteiger partial charge in [-0.3, -0.25) is 0 Å². The number of hydrogen-bond acceptors (Lipinski definition) is 3. The molecule has 2 aromatic rings. The van der Waals surface area contributed by atoms with Crippen molar-refractivity contribution in [2.45, 2.75) is 23.1 Å². The fourth-order valence-electron chi connectivity index (χ4n) is 2.01. The van der Waals surface area contributed by atoms with Gasteiger partial charge in [0.15, 0.2) is 9.84 Å². The predicted molar refractivity (Wildman–Crippen MR) is 81.4 cm³/mol. The summed E-state index contributed by atoms with van der Waals surface area (Å²) in [6.45, 7) is 1.53. The zero-order chi connectivity index (χ0) is 15.6. The summed E-state index contributed by atoms with van der Waals surface area (Å²) in [6, 6.07) is 11.6. The van der Waals surface area contributed by atoms with Crippen LogP contribution in [0.4, 0.5) is 4.39 Å². The lowest BCUT2D eigenvalue weighted by Gasteiger charge is -2.20. The second-order valence-corrected chi connectivity index (χ2v) is 7.47. The minimum absolute atomic E-state index is 0.0345. The number of benzene rings is 2. The van der Waals surface area contributed by atoms with Crippen LogP contribution < -0.4 is 5.73 Å². The minimum atomic E-state index is -3.70. The van der Waals surface area contributed by atoms with E-state index in [2.05, 4.69) is 0 Å². The molecule has 112 valence electrons. The first-order chi connectivity index (χ1) is 9.84. The number of halogens is 2. The second-order valence-electron chi connectivity index (χ2n) is 4.76. The summed E-state index contributed by atoms with van der Waals surface area (Å²) in [5.74, 6) is -0.657. The maximum Gasteiger partial charge on any atom is 0.182 e. The predicted octanol–water partition coefficient (Wildman–Crippen LogP) is 3.34. The normalized spacial score (nSPS) is 14.7. The third-order valence-electron chi connectivity index (χ3n) is 3.40. The molecule has 0 radical (unpaired) electrons. The Labute approximate surface area is 128 Å². The van der Waals surface area contributed by atoms with Crippen molar-refractivity contribution < 1.29 is 12.8 Å². The van der Waals surface area contributed by atoms with Crippen molar-refractivity contribution in [3.8, 4) is 0 Å². The monoisotopic (exact) mass is 327 g/mol. The van der Waals surface area contributed by atoms with E-state index >= 15 is 0 Å². The molecule has 0 aromatic heterocycles. The van der Waals surface area contributed by atoms with Crippen LogP contribution in [0, 0.1) is 5.82 Å². The lowest BCUT2D eigenvalue weighted by Crippen LogP contribution is -2.31. The van der Waals surface area contributed by atoms with E-state index in [9.17, 15) is 12.8 Å². The van der Waals surface area contributed by atoms with Crippen LogP contribution in [0.15, 0.2) is 53.4 Å². The van der Waals surface area contributed by atoms with Gasteiger partial charge in [-0.1, -0.05) is 41.9 Å². The first kappa shape index (κ1) is 15.9. The van der Waals surface area contributed by atoms with Crippen LogP contribution >= 0.6 is 11.6 Å². The van der Waals surface area contributed by atoms with Gasteiger partial charge in [-0.25, -0.2) is 12.8 Å². The lowest BCUT2D eigenvalue weighted by atomic mass is 10.1. The van der Waals surface area contributed by atoms with E-state index in [0.29, 0.717) is 0 Å². The summed E-state index contributed by atoms with van der Waals surface area (Å²) in [5, 5.41) is -1.09. The third-order valence-corrected chi connectivity index (χ3v) is 5.87. The molecule has 0 fully saturated rings. The van der Waals surface area contributed by atoms with Gasteiger partial charge >= 0.3 is 0 Å². The summed E-state index contributed by atoms with van der Waals surface area (Å²) in [7, 11) is -3.70. The number of nitrogens with two attached hydrogens (primary N) is 1. The Morgan fingerprint density at radius 2 is 1.76 bits per heavy atom. The topological polar surface area (TPSA) is 60.2 Å². The number of sulfone groups is 1. The van der Waals surface area contributed by atoms with Crippen molar-refractivity contribution >= 4 is 21.4 Å². The summed E-state index contributed by atoms with van der Waals surface area (Å²) >= 11 is 5.65. The maximum absolute atomic E-state index is 13.2. The van der Waals surface area contributed by atoms with Gasteiger partial charge in [-0.15, -0.1) is 0 Å². The van der Waals surface area contributed by atoms with Gasteiger partial charge in [-0.05, 0) is 30.7 Å². The Morgan fingerprint density at radius 3 is 2.33 bits per heavy atom. The largest absolute Gasteiger partial charge is 0.323 e. The molecular formula is C15H15ClFNO2S. The molecule has 2 rings (SSSR count). The van der Waals surface area contributed by atoms with Gasteiger partial charge < -0.3 is 5.73 Å². The van der Waals surface area contributed by atoms with E-state index in [1.807, 2.05) is 6.07 Å². The Kier molecular flexibility index (Phi) is 4.66.